The monoisotopic (exact) mass is 1030 g/mol. The molecule has 0 radical (unpaired) electrons. The lowest BCUT2D eigenvalue weighted by Crippen LogP contribution is -2.57. The van der Waals surface area contributed by atoms with Crippen LogP contribution in [-0.2, 0) is 52.8 Å². The van der Waals surface area contributed by atoms with E-state index in [-0.39, 0.29) is 62.4 Å². The van der Waals surface area contributed by atoms with Gasteiger partial charge in [0.2, 0.25) is 41.4 Å². The van der Waals surface area contributed by atoms with Gasteiger partial charge in [0.15, 0.2) is 5.96 Å². The molecule has 8 amide bonds. The van der Waals surface area contributed by atoms with Gasteiger partial charge in [-0.3, -0.25) is 48.3 Å². The molecule has 6 atom stereocenters. The highest BCUT2D eigenvalue weighted by molar-refractivity contribution is 6.30. The van der Waals surface area contributed by atoms with Crippen molar-refractivity contribution in [3.8, 4) is 0 Å². The van der Waals surface area contributed by atoms with Crippen LogP contribution in [-0.4, -0.2) is 112 Å². The number of anilines is 1. The number of pyridine rings is 1. The SMILES string of the molecule is CC(=O)N[C@@H](Cc1ccc2ccccc2c1)C(=O)N[C@H](Cc1ccc(Cl)cc1)C(=O)N[C@H](Cc1ccccn1)C(=O)Nc1ccccc1C(=O)N[C@H](CCCN=C(N)N)C(=O)N1CCC[C@@H]1C(=O)N[C@@H](C)C(N)=O. The Morgan fingerprint density at radius 3 is 2.01 bits per heavy atom. The Kier molecular flexibility index (Phi) is 19.6. The highest BCUT2D eigenvalue weighted by Gasteiger charge is 2.39. The first-order valence-electron chi connectivity index (χ1n) is 24.1. The van der Waals surface area contributed by atoms with Crippen molar-refractivity contribution < 1.29 is 38.4 Å². The molecule has 1 fully saturated rings. The van der Waals surface area contributed by atoms with Gasteiger partial charge in [-0.15, -0.1) is 0 Å². The van der Waals surface area contributed by atoms with Crippen molar-refractivity contribution in [3.05, 3.63) is 143 Å². The number of hydrogen-bond donors (Lipinski definition) is 9. The van der Waals surface area contributed by atoms with E-state index >= 15 is 0 Å². The Bertz CT molecular complexity index is 2860. The molecule has 1 saturated heterocycles. The number of aromatic nitrogens is 1. The number of hydrogen-bond acceptors (Lipinski definition) is 10. The second-order valence-corrected chi connectivity index (χ2v) is 18.4. The molecular weight excluding hydrogens is 968 g/mol. The first-order valence-corrected chi connectivity index (χ1v) is 24.5. The third-order valence-electron chi connectivity index (χ3n) is 12.3. The first-order chi connectivity index (χ1) is 35.4. The highest BCUT2D eigenvalue weighted by atomic mass is 35.5. The minimum absolute atomic E-state index is 0.0266. The first kappa shape index (κ1) is 54.9. The van der Waals surface area contributed by atoms with Crippen LogP contribution in [0.25, 0.3) is 10.8 Å². The number of nitrogens with two attached hydrogens (primary N) is 3. The third kappa shape index (κ3) is 15.8. The molecule has 74 heavy (non-hydrogen) atoms. The summed E-state index contributed by atoms with van der Waals surface area (Å²) in [6.07, 6.45) is 2.55. The maximum absolute atomic E-state index is 14.6. The lowest BCUT2D eigenvalue weighted by atomic mass is 9.99. The quantitative estimate of drug-likeness (QED) is 0.0259. The minimum Gasteiger partial charge on any atom is -0.370 e. The normalized spacial score (nSPS) is 15.0. The van der Waals surface area contributed by atoms with Crippen LogP contribution in [0.3, 0.4) is 0 Å². The highest BCUT2D eigenvalue weighted by Crippen LogP contribution is 2.23. The number of halogens is 1. The lowest BCUT2D eigenvalue weighted by Gasteiger charge is -2.29. The summed E-state index contributed by atoms with van der Waals surface area (Å²) in [7, 11) is 0. The Morgan fingerprint density at radius 2 is 1.34 bits per heavy atom. The smallest absolute Gasteiger partial charge is 0.254 e. The topological polar surface area (TPSA) is 315 Å². The van der Waals surface area contributed by atoms with Crippen LogP contribution < -0.4 is 49.1 Å². The third-order valence-corrected chi connectivity index (χ3v) is 12.6. The number of benzene rings is 4. The average molecular weight is 1030 g/mol. The molecule has 4 aromatic carbocycles. The summed E-state index contributed by atoms with van der Waals surface area (Å²) in [5, 5.41) is 18.8. The number of nitrogens with one attached hydrogen (secondary N) is 6. The summed E-state index contributed by atoms with van der Waals surface area (Å²) >= 11 is 6.20. The molecule has 0 saturated carbocycles. The molecule has 6 rings (SSSR count). The number of fused-ring (bicyclic) bond motifs is 1. The summed E-state index contributed by atoms with van der Waals surface area (Å²) in [6, 6.07) is 24.4. The number of carbonyl (C=O) groups is 8. The maximum Gasteiger partial charge on any atom is 0.254 e. The van der Waals surface area contributed by atoms with Crippen LogP contribution in [0.15, 0.2) is 120 Å². The van der Waals surface area contributed by atoms with Crippen LogP contribution >= 0.6 is 11.6 Å². The second-order valence-electron chi connectivity index (χ2n) is 17.9. The van der Waals surface area contributed by atoms with Gasteiger partial charge in [0.25, 0.3) is 5.91 Å². The number of aliphatic imine (C=N–C) groups is 1. The van der Waals surface area contributed by atoms with E-state index in [0.717, 1.165) is 16.3 Å². The van der Waals surface area contributed by atoms with Crippen molar-refractivity contribution in [1.29, 1.82) is 0 Å². The molecule has 0 bridgehead atoms. The van der Waals surface area contributed by atoms with E-state index in [2.05, 4.69) is 41.9 Å². The zero-order chi connectivity index (χ0) is 53.3. The fraction of sp³-hybridized carbons (Fsp3) is 0.321. The van der Waals surface area contributed by atoms with Crippen molar-refractivity contribution in [2.45, 2.75) is 95.0 Å². The fourth-order valence-corrected chi connectivity index (χ4v) is 8.62. The predicted molar refractivity (Wildman–Crippen MR) is 280 cm³/mol. The molecule has 1 aliphatic heterocycles. The Labute approximate surface area is 433 Å². The molecular formula is C53H61ClN12O8. The largest absolute Gasteiger partial charge is 0.370 e. The molecule has 1 aliphatic rings. The fourth-order valence-electron chi connectivity index (χ4n) is 8.49. The Morgan fingerprint density at radius 1 is 0.703 bits per heavy atom. The van der Waals surface area contributed by atoms with Gasteiger partial charge in [0, 0.05) is 56.2 Å². The van der Waals surface area contributed by atoms with E-state index in [9.17, 15) is 38.4 Å². The van der Waals surface area contributed by atoms with E-state index in [0.29, 0.717) is 29.1 Å². The zero-order valence-electron chi connectivity index (χ0n) is 41.0. The Balaban J connectivity index is 1.24. The summed E-state index contributed by atoms with van der Waals surface area (Å²) in [5.74, 6) is -5.42. The molecule has 2 heterocycles. The number of carbonyl (C=O) groups excluding carboxylic acids is 8. The molecule has 0 aliphatic carbocycles. The number of amides is 8. The molecule has 20 nitrogen and oxygen atoms in total. The van der Waals surface area contributed by atoms with E-state index in [1.54, 1.807) is 54.6 Å². The van der Waals surface area contributed by atoms with E-state index in [1.807, 2.05) is 42.5 Å². The Hall–Kier alpha value is -8.39. The summed E-state index contributed by atoms with van der Waals surface area (Å²) in [6.45, 7) is 3.05. The molecule has 5 aromatic rings. The zero-order valence-corrected chi connectivity index (χ0v) is 41.8. The molecule has 1 aromatic heterocycles. The van der Waals surface area contributed by atoms with Crippen LogP contribution in [0.4, 0.5) is 5.69 Å². The van der Waals surface area contributed by atoms with E-state index in [1.165, 1.54) is 37.1 Å². The number of nitrogens with zero attached hydrogens (tertiary/aromatic N) is 3. The maximum atomic E-state index is 14.6. The van der Waals surface area contributed by atoms with Gasteiger partial charge in [-0.05, 0) is 90.9 Å². The predicted octanol–water partition coefficient (Wildman–Crippen LogP) is 2.16. The van der Waals surface area contributed by atoms with Gasteiger partial charge >= 0.3 is 0 Å². The summed E-state index contributed by atoms with van der Waals surface area (Å²) < 4.78 is 0. The van der Waals surface area contributed by atoms with E-state index < -0.39 is 83.5 Å². The number of likely N-dealkylation sites (tertiary alicyclic amines) is 1. The van der Waals surface area contributed by atoms with Crippen molar-refractivity contribution in [2.24, 2.45) is 22.2 Å². The van der Waals surface area contributed by atoms with Crippen LogP contribution in [0.1, 0.15) is 66.7 Å². The molecule has 21 heteroatoms. The lowest BCUT2D eigenvalue weighted by molar-refractivity contribution is -0.140. The van der Waals surface area contributed by atoms with Crippen LogP contribution in [0.5, 0.6) is 0 Å². The van der Waals surface area contributed by atoms with Crippen LogP contribution in [0, 0.1) is 0 Å². The van der Waals surface area contributed by atoms with Gasteiger partial charge < -0.3 is 54.0 Å². The summed E-state index contributed by atoms with van der Waals surface area (Å²) in [4.78, 5) is 119. The van der Waals surface area contributed by atoms with Crippen molar-refractivity contribution in [3.63, 3.8) is 0 Å². The molecule has 388 valence electrons. The average Bonchev–Trinajstić information content (AvgIpc) is 3.88. The van der Waals surface area contributed by atoms with Gasteiger partial charge in [-0.25, -0.2) is 0 Å². The molecule has 12 N–H and O–H groups in total. The molecule has 0 unspecified atom stereocenters. The minimum atomic E-state index is -1.35. The summed E-state index contributed by atoms with van der Waals surface area (Å²) in [5.41, 5.74) is 18.2. The van der Waals surface area contributed by atoms with Crippen LogP contribution in [0.2, 0.25) is 5.02 Å². The van der Waals surface area contributed by atoms with Gasteiger partial charge in [0.05, 0.1) is 11.3 Å². The van der Waals surface area contributed by atoms with Crippen molar-refractivity contribution in [2.75, 3.05) is 18.4 Å². The standard InChI is InChI=1S/C53H61ClN12O8/c1-31(46(55)68)60-51(73)45-17-10-26-66(45)52(74)41(16-9-25-59-53(56)57)63-47(69)39-14-5-6-15-40(39)62-50(72)44(30-38-13-7-8-24-58-38)65-49(71)43(28-33-19-22-37(54)23-20-33)64-48(70)42(61-32(2)67)29-34-18-21-35-11-3-4-12-36(35)27-34/h3-8,11-15,18-24,27,31,41-45H,9-10,16-17,25-26,28-30H2,1-2H3,(H2,55,68)(H,60,73)(H,61,67)(H,62,72)(H,63,69)(H,64,70)(H,65,71)(H4,56,57,59)/t31-,41+,42-,43+,44+,45+/m0/s1. The molecule has 0 spiro atoms. The number of primary amides is 1. The van der Waals surface area contributed by atoms with Crippen molar-refractivity contribution in [1.82, 2.24) is 36.5 Å². The van der Waals surface area contributed by atoms with E-state index in [4.69, 9.17) is 28.8 Å². The van der Waals surface area contributed by atoms with Gasteiger partial charge in [-0.2, -0.15) is 0 Å². The number of rotatable bonds is 23. The number of guanidine groups is 1. The number of para-hydroxylation sites is 1. The second kappa shape index (κ2) is 26.3. The van der Waals surface area contributed by atoms with Crippen molar-refractivity contribution >= 4 is 81.3 Å². The van der Waals surface area contributed by atoms with Gasteiger partial charge in [-0.1, -0.05) is 84.4 Å². The van der Waals surface area contributed by atoms with Gasteiger partial charge in [0.1, 0.15) is 36.3 Å².